The first kappa shape index (κ1) is 19.5. The van der Waals surface area contributed by atoms with Crippen molar-refractivity contribution in [1.82, 2.24) is 10.3 Å². The van der Waals surface area contributed by atoms with Gasteiger partial charge in [0.2, 0.25) is 0 Å². The van der Waals surface area contributed by atoms with Crippen LogP contribution in [0.15, 0.2) is 79.0 Å². The molecular weight excluding hydrogens is 376 g/mol. The minimum atomic E-state index is -0.257. The molecule has 1 aromatic heterocycles. The molecule has 0 fully saturated rings. The lowest BCUT2D eigenvalue weighted by Crippen LogP contribution is -2.27. The first-order chi connectivity index (χ1) is 14.7. The molecular formula is C25H22N2O3. The van der Waals surface area contributed by atoms with Crippen molar-refractivity contribution < 1.29 is 14.3 Å². The minimum Gasteiger partial charge on any atom is -0.497 e. The molecule has 5 heteroatoms. The Labute approximate surface area is 174 Å². The molecule has 0 aliphatic rings. The van der Waals surface area contributed by atoms with Gasteiger partial charge >= 0.3 is 0 Å². The lowest BCUT2D eigenvalue weighted by molar-refractivity contribution is 0.0942. The van der Waals surface area contributed by atoms with E-state index in [2.05, 4.69) is 10.3 Å². The molecule has 0 spiro atoms. The van der Waals surface area contributed by atoms with E-state index in [1.54, 1.807) is 43.5 Å². The predicted octanol–water partition coefficient (Wildman–Crippen LogP) is 4.38. The van der Waals surface area contributed by atoms with Crippen molar-refractivity contribution >= 4 is 22.6 Å². The van der Waals surface area contributed by atoms with E-state index in [0.717, 1.165) is 22.2 Å². The molecule has 5 nitrogen and oxygen atoms in total. The van der Waals surface area contributed by atoms with Crippen molar-refractivity contribution in [2.24, 2.45) is 0 Å². The second-order valence-electron chi connectivity index (χ2n) is 6.97. The largest absolute Gasteiger partial charge is 0.497 e. The van der Waals surface area contributed by atoms with E-state index in [0.29, 0.717) is 29.7 Å². The van der Waals surface area contributed by atoms with Crippen LogP contribution in [0.1, 0.15) is 31.8 Å². The van der Waals surface area contributed by atoms with Gasteiger partial charge in [-0.05, 0) is 36.2 Å². The van der Waals surface area contributed by atoms with Crippen molar-refractivity contribution in [3.05, 3.63) is 101 Å². The van der Waals surface area contributed by atoms with Crippen LogP contribution >= 0.6 is 0 Å². The maximum Gasteiger partial charge on any atom is 0.252 e. The number of ketones is 1. The highest BCUT2D eigenvalue weighted by molar-refractivity contribution is 6.15. The Balaban J connectivity index is 1.47. The van der Waals surface area contributed by atoms with Crippen LogP contribution in [0.2, 0.25) is 0 Å². The number of hydrogen-bond acceptors (Lipinski definition) is 3. The van der Waals surface area contributed by atoms with Gasteiger partial charge in [0.15, 0.2) is 5.78 Å². The first-order valence-corrected chi connectivity index (χ1v) is 9.78. The van der Waals surface area contributed by atoms with Crippen LogP contribution < -0.4 is 10.1 Å². The molecule has 0 saturated heterocycles. The number of carbonyl (C=O) groups is 2. The highest BCUT2D eigenvalue weighted by Crippen LogP contribution is 2.24. The standard InChI is InChI=1S/C25H22N2O3/c1-30-19-11-12-23-22(15-19)18(16-27-23)13-14-26-25(29)21-10-6-5-9-20(21)24(28)17-7-3-2-4-8-17/h2-12,15-16,27H,13-14H2,1H3,(H,26,29). The van der Waals surface area contributed by atoms with Crippen LogP contribution in [0.25, 0.3) is 10.9 Å². The van der Waals surface area contributed by atoms with Gasteiger partial charge < -0.3 is 15.0 Å². The second-order valence-corrected chi connectivity index (χ2v) is 6.97. The summed E-state index contributed by atoms with van der Waals surface area (Å²) in [5, 5.41) is 4.01. The number of amides is 1. The lowest BCUT2D eigenvalue weighted by atomic mass is 9.98. The van der Waals surface area contributed by atoms with Crippen LogP contribution in [0.3, 0.4) is 0 Å². The third-order valence-corrected chi connectivity index (χ3v) is 5.11. The number of aromatic nitrogens is 1. The number of benzene rings is 3. The molecule has 4 rings (SSSR count). The fourth-order valence-corrected chi connectivity index (χ4v) is 3.52. The Kier molecular flexibility index (Phi) is 5.61. The lowest BCUT2D eigenvalue weighted by Gasteiger charge is -2.10. The molecule has 0 atom stereocenters. The zero-order chi connectivity index (χ0) is 20.9. The SMILES string of the molecule is COc1ccc2[nH]cc(CCNC(=O)c3ccccc3C(=O)c3ccccc3)c2c1. The number of fused-ring (bicyclic) bond motifs is 1. The van der Waals surface area contributed by atoms with Gasteiger partial charge in [0.1, 0.15) is 5.75 Å². The number of carbonyl (C=O) groups excluding carboxylic acids is 2. The molecule has 3 aromatic carbocycles. The predicted molar refractivity (Wildman–Crippen MR) is 117 cm³/mol. The number of H-pyrrole nitrogens is 1. The second kappa shape index (κ2) is 8.66. The van der Waals surface area contributed by atoms with Gasteiger partial charge in [-0.25, -0.2) is 0 Å². The number of aromatic amines is 1. The fraction of sp³-hybridized carbons (Fsp3) is 0.120. The number of hydrogen-bond donors (Lipinski definition) is 2. The van der Waals surface area contributed by atoms with Gasteiger partial charge in [-0.3, -0.25) is 9.59 Å². The van der Waals surface area contributed by atoms with E-state index >= 15 is 0 Å². The number of methoxy groups -OCH3 is 1. The topological polar surface area (TPSA) is 71.2 Å². The van der Waals surface area contributed by atoms with Crippen LogP contribution in [0.5, 0.6) is 5.75 Å². The molecule has 0 bridgehead atoms. The third kappa shape index (κ3) is 3.96. The number of ether oxygens (including phenoxy) is 1. The normalized spacial score (nSPS) is 10.7. The quantitative estimate of drug-likeness (QED) is 0.454. The van der Waals surface area contributed by atoms with Gasteiger partial charge in [-0.15, -0.1) is 0 Å². The summed E-state index contributed by atoms with van der Waals surface area (Å²) < 4.78 is 5.30. The molecule has 150 valence electrons. The van der Waals surface area contributed by atoms with Gasteiger partial charge in [0.05, 0.1) is 12.7 Å². The summed E-state index contributed by atoms with van der Waals surface area (Å²) in [5.41, 5.74) is 3.46. The van der Waals surface area contributed by atoms with Crippen molar-refractivity contribution in [1.29, 1.82) is 0 Å². The average molecular weight is 398 g/mol. The van der Waals surface area contributed by atoms with Crippen LogP contribution in [-0.2, 0) is 6.42 Å². The van der Waals surface area contributed by atoms with Crippen molar-refractivity contribution in [2.45, 2.75) is 6.42 Å². The smallest absolute Gasteiger partial charge is 0.252 e. The van der Waals surface area contributed by atoms with Crippen LogP contribution in [-0.4, -0.2) is 30.3 Å². The molecule has 0 saturated carbocycles. The Morgan fingerprint density at radius 2 is 1.67 bits per heavy atom. The van der Waals surface area contributed by atoms with E-state index in [4.69, 9.17) is 4.74 Å². The van der Waals surface area contributed by atoms with Crippen molar-refractivity contribution in [2.75, 3.05) is 13.7 Å². The zero-order valence-electron chi connectivity index (χ0n) is 16.6. The highest BCUT2D eigenvalue weighted by atomic mass is 16.5. The fourth-order valence-electron chi connectivity index (χ4n) is 3.52. The molecule has 30 heavy (non-hydrogen) atoms. The highest BCUT2D eigenvalue weighted by Gasteiger charge is 2.17. The van der Waals surface area contributed by atoms with Crippen molar-refractivity contribution in [3.63, 3.8) is 0 Å². The summed E-state index contributed by atoms with van der Waals surface area (Å²) >= 11 is 0. The summed E-state index contributed by atoms with van der Waals surface area (Å²) in [6.45, 7) is 0.455. The summed E-state index contributed by atoms with van der Waals surface area (Å²) in [6.07, 6.45) is 2.61. The van der Waals surface area contributed by atoms with Gasteiger partial charge in [0.25, 0.3) is 5.91 Å². The van der Waals surface area contributed by atoms with E-state index < -0.39 is 0 Å². The Hall–Kier alpha value is -3.86. The molecule has 0 unspecified atom stereocenters. The molecule has 0 aliphatic carbocycles. The summed E-state index contributed by atoms with van der Waals surface area (Å²) in [4.78, 5) is 28.9. The van der Waals surface area contributed by atoms with Gasteiger partial charge in [0, 0.05) is 34.8 Å². The Bertz CT molecular complexity index is 1200. The third-order valence-electron chi connectivity index (χ3n) is 5.11. The average Bonchev–Trinajstić information content (AvgIpc) is 3.21. The maximum atomic E-state index is 12.8. The minimum absolute atomic E-state index is 0.162. The van der Waals surface area contributed by atoms with Gasteiger partial charge in [-0.1, -0.05) is 48.5 Å². The van der Waals surface area contributed by atoms with E-state index in [9.17, 15) is 9.59 Å². The van der Waals surface area contributed by atoms with Crippen LogP contribution in [0, 0.1) is 0 Å². The monoisotopic (exact) mass is 398 g/mol. The summed E-state index contributed by atoms with van der Waals surface area (Å²) in [6, 6.07) is 21.8. The summed E-state index contributed by atoms with van der Waals surface area (Å²) in [5.74, 6) is 0.373. The molecule has 1 heterocycles. The first-order valence-electron chi connectivity index (χ1n) is 9.78. The van der Waals surface area contributed by atoms with Crippen molar-refractivity contribution in [3.8, 4) is 5.75 Å². The van der Waals surface area contributed by atoms with Crippen LogP contribution in [0.4, 0.5) is 0 Å². The van der Waals surface area contributed by atoms with E-state index in [1.165, 1.54) is 0 Å². The Morgan fingerprint density at radius 1 is 0.933 bits per heavy atom. The number of nitrogens with one attached hydrogen (secondary N) is 2. The molecule has 0 radical (unpaired) electrons. The molecule has 1 amide bonds. The molecule has 0 aliphatic heterocycles. The maximum absolute atomic E-state index is 12.8. The molecule has 2 N–H and O–H groups in total. The van der Waals surface area contributed by atoms with E-state index in [-0.39, 0.29) is 11.7 Å². The van der Waals surface area contributed by atoms with E-state index in [1.807, 2.05) is 42.6 Å². The zero-order valence-corrected chi connectivity index (χ0v) is 16.6. The summed E-state index contributed by atoms with van der Waals surface area (Å²) in [7, 11) is 1.64. The number of rotatable bonds is 7. The Morgan fingerprint density at radius 3 is 2.43 bits per heavy atom. The molecule has 4 aromatic rings. The van der Waals surface area contributed by atoms with Gasteiger partial charge in [-0.2, -0.15) is 0 Å².